The molecule has 3 nitrogen and oxygen atoms in total. The Hall–Kier alpha value is -0.480. The molecule has 0 bridgehead atoms. The van der Waals surface area contributed by atoms with Gasteiger partial charge in [0.25, 0.3) is 0 Å². The van der Waals surface area contributed by atoms with Gasteiger partial charge in [-0.15, -0.1) is 0 Å². The molecule has 1 saturated carbocycles. The number of unbranched alkanes of at least 4 members (excludes halogenated alkanes) is 3. The topological polar surface area (TPSA) is 29.9 Å². The lowest BCUT2D eigenvalue weighted by molar-refractivity contribution is 0.327. The highest BCUT2D eigenvalue weighted by molar-refractivity contribution is 7.98. The van der Waals surface area contributed by atoms with Crippen LogP contribution < -0.4 is 5.32 Å². The summed E-state index contributed by atoms with van der Waals surface area (Å²) in [6, 6.07) is 2.84. The van der Waals surface area contributed by atoms with Gasteiger partial charge in [-0.05, 0) is 50.3 Å². The second-order valence-electron chi connectivity index (χ2n) is 6.16. The zero-order chi connectivity index (χ0) is 14.8. The van der Waals surface area contributed by atoms with Crippen LogP contribution in [0.3, 0.4) is 0 Å². The summed E-state index contributed by atoms with van der Waals surface area (Å²) < 4.78 is 2.21. The van der Waals surface area contributed by atoms with Crippen LogP contribution in [0.15, 0.2) is 12.3 Å². The molecule has 0 saturated heterocycles. The number of rotatable bonds is 10. The predicted octanol–water partition coefficient (Wildman–Crippen LogP) is 4.40. The van der Waals surface area contributed by atoms with Crippen molar-refractivity contribution in [3.05, 3.63) is 18.0 Å². The number of aromatic nitrogens is 2. The molecule has 4 heteroatoms. The van der Waals surface area contributed by atoms with E-state index in [9.17, 15) is 0 Å². The number of nitrogens with one attached hydrogen (secondary N) is 1. The maximum Gasteiger partial charge on any atom is 0.0762 e. The van der Waals surface area contributed by atoms with E-state index in [1.54, 1.807) is 0 Å². The summed E-state index contributed by atoms with van der Waals surface area (Å²) in [5.41, 5.74) is 1.20. The second kappa shape index (κ2) is 10.3. The van der Waals surface area contributed by atoms with E-state index in [0.29, 0.717) is 6.04 Å². The van der Waals surface area contributed by atoms with Gasteiger partial charge in [0, 0.05) is 12.7 Å². The highest BCUT2D eigenvalue weighted by Crippen LogP contribution is 2.27. The van der Waals surface area contributed by atoms with Crippen molar-refractivity contribution >= 4 is 11.8 Å². The zero-order valence-electron chi connectivity index (χ0n) is 13.5. The van der Waals surface area contributed by atoms with Crippen LogP contribution in [0.4, 0.5) is 0 Å². The lowest BCUT2D eigenvalue weighted by atomic mass is 9.96. The Morgan fingerprint density at radius 2 is 2.00 bits per heavy atom. The van der Waals surface area contributed by atoms with Gasteiger partial charge < -0.3 is 5.32 Å². The molecule has 1 N–H and O–H groups in total. The summed E-state index contributed by atoms with van der Waals surface area (Å²) in [4.78, 5) is 0. The highest BCUT2D eigenvalue weighted by atomic mass is 32.2. The van der Waals surface area contributed by atoms with Crippen LogP contribution in [0.1, 0.15) is 69.5 Å². The van der Waals surface area contributed by atoms with Gasteiger partial charge in [-0.3, -0.25) is 4.68 Å². The molecular weight excluding hydrogens is 278 g/mol. The van der Waals surface area contributed by atoms with Gasteiger partial charge in [-0.2, -0.15) is 16.9 Å². The lowest BCUT2D eigenvalue weighted by Gasteiger charge is -2.21. The lowest BCUT2D eigenvalue weighted by Crippen LogP contribution is -2.17. The van der Waals surface area contributed by atoms with Crippen LogP contribution in [-0.4, -0.2) is 28.3 Å². The normalized spacial score (nSPS) is 16.4. The molecule has 0 aromatic carbocycles. The maximum atomic E-state index is 4.74. The van der Waals surface area contributed by atoms with Crippen molar-refractivity contribution < 1.29 is 0 Å². The molecule has 1 aromatic rings. The van der Waals surface area contributed by atoms with Gasteiger partial charge in [0.05, 0.1) is 11.7 Å². The molecule has 1 aliphatic rings. The molecule has 21 heavy (non-hydrogen) atoms. The van der Waals surface area contributed by atoms with E-state index in [1.165, 1.54) is 69.2 Å². The van der Waals surface area contributed by atoms with Gasteiger partial charge >= 0.3 is 0 Å². The molecule has 0 unspecified atom stereocenters. The van der Waals surface area contributed by atoms with Crippen molar-refractivity contribution in [1.82, 2.24) is 15.1 Å². The Bertz CT molecular complexity index is 372. The minimum atomic E-state index is 0.656. The third kappa shape index (κ3) is 6.43. The van der Waals surface area contributed by atoms with Crippen LogP contribution >= 0.6 is 11.8 Å². The first-order chi connectivity index (χ1) is 10.4. The Balaban J connectivity index is 1.55. The molecule has 0 aliphatic heterocycles. The third-order valence-electron chi connectivity index (χ3n) is 4.37. The quantitative estimate of drug-likeness (QED) is 0.650. The Labute approximate surface area is 134 Å². The molecule has 2 rings (SSSR count). The fourth-order valence-electron chi connectivity index (χ4n) is 3.09. The van der Waals surface area contributed by atoms with E-state index in [-0.39, 0.29) is 0 Å². The molecule has 1 aliphatic carbocycles. The first-order valence-corrected chi connectivity index (χ1v) is 10.0. The van der Waals surface area contributed by atoms with Crippen LogP contribution in [0.2, 0.25) is 0 Å². The average Bonchev–Trinajstić information content (AvgIpc) is 3.00. The number of thioether (sulfide) groups is 1. The molecule has 0 spiro atoms. The van der Waals surface area contributed by atoms with Crippen molar-refractivity contribution in [3.63, 3.8) is 0 Å². The minimum Gasteiger partial charge on any atom is -0.311 e. The first kappa shape index (κ1) is 16.9. The highest BCUT2D eigenvalue weighted by Gasteiger charge is 2.15. The second-order valence-corrected chi connectivity index (χ2v) is 7.15. The van der Waals surface area contributed by atoms with E-state index in [1.807, 2.05) is 11.8 Å². The summed E-state index contributed by atoms with van der Waals surface area (Å²) in [5.74, 6) is 1.31. The molecular formula is C17H31N3S. The van der Waals surface area contributed by atoms with E-state index >= 15 is 0 Å². The summed E-state index contributed by atoms with van der Waals surface area (Å²) in [6.07, 6.45) is 16.5. The first-order valence-electron chi connectivity index (χ1n) is 8.64. The number of hydrogen-bond donors (Lipinski definition) is 1. The van der Waals surface area contributed by atoms with Gasteiger partial charge in [-0.25, -0.2) is 0 Å². The molecule has 1 fully saturated rings. The van der Waals surface area contributed by atoms with Gasteiger partial charge in [0.2, 0.25) is 0 Å². The van der Waals surface area contributed by atoms with Gasteiger partial charge in [-0.1, -0.05) is 32.1 Å². The monoisotopic (exact) mass is 309 g/mol. The van der Waals surface area contributed by atoms with Crippen molar-refractivity contribution in [2.75, 3.05) is 18.6 Å². The molecule has 120 valence electrons. The summed E-state index contributed by atoms with van der Waals surface area (Å²) in [6.45, 7) is 2.04. The zero-order valence-corrected chi connectivity index (χ0v) is 14.3. The van der Waals surface area contributed by atoms with Crippen LogP contribution in [0.25, 0.3) is 0 Å². The maximum absolute atomic E-state index is 4.74. The van der Waals surface area contributed by atoms with Crippen LogP contribution in [-0.2, 0) is 6.54 Å². The SMILES string of the molecule is CSCCCCCCNCc1ccn(C2CCCCC2)n1. The molecule has 0 atom stereocenters. The minimum absolute atomic E-state index is 0.656. The Morgan fingerprint density at radius 1 is 1.19 bits per heavy atom. The van der Waals surface area contributed by atoms with Crippen molar-refractivity contribution in [2.45, 2.75) is 70.4 Å². The van der Waals surface area contributed by atoms with Crippen LogP contribution in [0, 0.1) is 0 Å². The van der Waals surface area contributed by atoms with Gasteiger partial charge in [0.1, 0.15) is 0 Å². The largest absolute Gasteiger partial charge is 0.311 e. The molecule has 0 radical (unpaired) electrons. The summed E-state index contributed by atoms with van der Waals surface area (Å²) in [7, 11) is 0. The van der Waals surface area contributed by atoms with E-state index < -0.39 is 0 Å². The van der Waals surface area contributed by atoms with E-state index in [0.717, 1.165) is 13.1 Å². The van der Waals surface area contributed by atoms with Crippen molar-refractivity contribution in [3.8, 4) is 0 Å². The average molecular weight is 310 g/mol. The predicted molar refractivity (Wildman–Crippen MR) is 92.9 cm³/mol. The van der Waals surface area contributed by atoms with Crippen molar-refractivity contribution in [2.24, 2.45) is 0 Å². The van der Waals surface area contributed by atoms with E-state index in [2.05, 4.69) is 28.5 Å². The smallest absolute Gasteiger partial charge is 0.0762 e. The fraction of sp³-hybridized carbons (Fsp3) is 0.824. The van der Waals surface area contributed by atoms with Gasteiger partial charge in [0.15, 0.2) is 0 Å². The molecule has 1 heterocycles. The molecule has 0 amide bonds. The third-order valence-corrected chi connectivity index (χ3v) is 5.07. The van der Waals surface area contributed by atoms with Crippen LogP contribution in [0.5, 0.6) is 0 Å². The van der Waals surface area contributed by atoms with Crippen molar-refractivity contribution in [1.29, 1.82) is 0 Å². The molecule has 1 aromatic heterocycles. The number of nitrogens with zero attached hydrogens (tertiary/aromatic N) is 2. The Morgan fingerprint density at radius 3 is 2.81 bits per heavy atom. The summed E-state index contributed by atoms with van der Waals surface area (Å²) >= 11 is 1.95. The number of hydrogen-bond acceptors (Lipinski definition) is 3. The standard InChI is InChI=1S/C17H31N3S/c1-21-14-8-3-2-7-12-18-15-16-11-13-20(19-16)17-9-5-4-6-10-17/h11,13,17-18H,2-10,12,14-15H2,1H3. The Kier molecular flexibility index (Phi) is 8.26. The summed E-state index contributed by atoms with van der Waals surface area (Å²) in [5, 5.41) is 8.27. The fourth-order valence-corrected chi connectivity index (χ4v) is 3.58. The van der Waals surface area contributed by atoms with E-state index in [4.69, 9.17) is 5.10 Å².